The Bertz CT molecular complexity index is 855. The Morgan fingerprint density at radius 1 is 0.903 bits per heavy atom. The number of nitrogens with zero attached hydrogens (tertiary/aromatic N) is 3. The molecule has 1 aliphatic rings. The van der Waals surface area contributed by atoms with Crippen molar-refractivity contribution in [3.8, 4) is 0 Å². The van der Waals surface area contributed by atoms with Crippen LogP contribution < -0.4 is 0 Å². The Labute approximate surface area is 182 Å². The molecule has 1 aromatic carbocycles. The second-order valence-electron chi connectivity index (χ2n) is 8.15. The number of benzene rings is 1. The lowest BCUT2D eigenvalue weighted by Gasteiger charge is -2.26. The lowest BCUT2D eigenvalue weighted by molar-refractivity contribution is -0.141. The van der Waals surface area contributed by atoms with Crippen molar-refractivity contribution >= 4 is 5.91 Å². The van der Waals surface area contributed by atoms with Gasteiger partial charge in [-0.05, 0) is 50.4 Å². The molecule has 7 heteroatoms. The molecule has 0 spiro atoms. The molecular weight excluding hydrogens is 403 g/mol. The Kier molecular flexibility index (Phi) is 8.07. The number of carbonyl (C=O) groups is 1. The fourth-order valence-corrected chi connectivity index (χ4v) is 4.02. The molecule has 0 unspecified atom stereocenters. The topological polar surface area (TPSA) is 36.4 Å². The molecule has 1 aliphatic heterocycles. The van der Waals surface area contributed by atoms with Gasteiger partial charge in [0.25, 0.3) is 5.91 Å². The standard InChI is InChI=1S/C24H30F3N3O/c1-19-21(12-13-22(28-19)24(25,26)27)23(31)30-16-8-3-2-7-14-29(15-9-17-30)18-20-10-5-4-6-11-20/h4-6,10-13H,2-3,7-9,14-18H2,1H3. The molecule has 2 heterocycles. The van der Waals surface area contributed by atoms with Gasteiger partial charge in [-0.1, -0.05) is 43.2 Å². The van der Waals surface area contributed by atoms with Crippen LogP contribution in [0.2, 0.25) is 0 Å². The van der Waals surface area contributed by atoms with Gasteiger partial charge in [-0.25, -0.2) is 4.98 Å². The lowest BCUT2D eigenvalue weighted by atomic mass is 10.1. The maximum absolute atomic E-state index is 13.1. The van der Waals surface area contributed by atoms with E-state index in [1.54, 1.807) is 4.90 Å². The number of aryl methyl sites for hydroxylation is 1. The van der Waals surface area contributed by atoms with E-state index in [1.165, 1.54) is 18.6 Å². The number of rotatable bonds is 3. The first kappa shape index (κ1) is 23.3. The van der Waals surface area contributed by atoms with Gasteiger partial charge in [0.1, 0.15) is 5.69 Å². The Hall–Kier alpha value is -2.41. The first-order chi connectivity index (χ1) is 14.8. The average Bonchev–Trinajstić information content (AvgIpc) is 2.79. The molecule has 0 atom stereocenters. The third-order valence-corrected chi connectivity index (χ3v) is 5.70. The number of carbonyl (C=O) groups excluding carboxylic acids is 1. The van der Waals surface area contributed by atoms with E-state index in [0.717, 1.165) is 57.8 Å². The summed E-state index contributed by atoms with van der Waals surface area (Å²) in [6, 6.07) is 12.5. The molecular formula is C24H30F3N3O. The van der Waals surface area contributed by atoms with Crippen molar-refractivity contribution in [2.24, 2.45) is 0 Å². The summed E-state index contributed by atoms with van der Waals surface area (Å²) in [4.78, 5) is 20.9. The fraction of sp³-hybridized carbons (Fsp3) is 0.500. The van der Waals surface area contributed by atoms with Crippen LogP contribution in [0.15, 0.2) is 42.5 Å². The van der Waals surface area contributed by atoms with Crippen LogP contribution in [0.25, 0.3) is 0 Å². The summed E-state index contributed by atoms with van der Waals surface area (Å²) in [5, 5.41) is 0. The van der Waals surface area contributed by atoms with Crippen molar-refractivity contribution in [3.63, 3.8) is 0 Å². The quantitative estimate of drug-likeness (QED) is 0.658. The SMILES string of the molecule is Cc1nc(C(F)(F)F)ccc1C(=O)N1CCCCCCN(Cc2ccccc2)CCC1. The summed E-state index contributed by atoms with van der Waals surface area (Å²) in [6.45, 7) is 5.48. The number of amides is 1. The number of hydrogen-bond acceptors (Lipinski definition) is 3. The van der Waals surface area contributed by atoms with E-state index in [4.69, 9.17) is 0 Å². The number of pyridine rings is 1. The van der Waals surface area contributed by atoms with Crippen molar-refractivity contribution in [2.75, 3.05) is 26.2 Å². The molecule has 0 bridgehead atoms. The highest BCUT2D eigenvalue weighted by Crippen LogP contribution is 2.28. The molecule has 1 aromatic heterocycles. The number of alkyl halides is 3. The highest BCUT2D eigenvalue weighted by Gasteiger charge is 2.33. The molecule has 4 nitrogen and oxygen atoms in total. The van der Waals surface area contributed by atoms with E-state index >= 15 is 0 Å². The van der Waals surface area contributed by atoms with Gasteiger partial charge in [-0.3, -0.25) is 9.69 Å². The molecule has 3 rings (SSSR count). The molecule has 1 fully saturated rings. The lowest BCUT2D eigenvalue weighted by Crippen LogP contribution is -2.35. The maximum atomic E-state index is 13.1. The van der Waals surface area contributed by atoms with Crippen molar-refractivity contribution in [1.82, 2.24) is 14.8 Å². The summed E-state index contributed by atoms with van der Waals surface area (Å²) >= 11 is 0. The van der Waals surface area contributed by atoms with Gasteiger partial charge in [-0.2, -0.15) is 13.2 Å². The molecule has 1 amide bonds. The van der Waals surface area contributed by atoms with E-state index in [2.05, 4.69) is 22.0 Å². The van der Waals surface area contributed by atoms with Crippen LogP contribution in [0.5, 0.6) is 0 Å². The van der Waals surface area contributed by atoms with E-state index in [-0.39, 0.29) is 17.2 Å². The Morgan fingerprint density at radius 2 is 1.55 bits per heavy atom. The van der Waals surface area contributed by atoms with Gasteiger partial charge in [0, 0.05) is 26.2 Å². The van der Waals surface area contributed by atoms with Crippen molar-refractivity contribution in [2.45, 2.75) is 51.7 Å². The minimum atomic E-state index is -4.51. The van der Waals surface area contributed by atoms with Crippen molar-refractivity contribution < 1.29 is 18.0 Å². The van der Waals surface area contributed by atoms with E-state index < -0.39 is 11.9 Å². The summed E-state index contributed by atoms with van der Waals surface area (Å²) in [5.74, 6) is -0.229. The average molecular weight is 434 g/mol. The molecule has 2 aromatic rings. The van der Waals surface area contributed by atoms with Gasteiger partial charge >= 0.3 is 6.18 Å². The molecule has 168 valence electrons. The molecule has 0 saturated carbocycles. The van der Waals surface area contributed by atoms with E-state index in [9.17, 15) is 18.0 Å². The van der Waals surface area contributed by atoms with E-state index in [1.807, 2.05) is 18.2 Å². The van der Waals surface area contributed by atoms with Gasteiger partial charge in [0.05, 0.1) is 11.3 Å². The largest absolute Gasteiger partial charge is 0.433 e. The number of aromatic nitrogens is 1. The molecule has 1 saturated heterocycles. The molecule has 0 radical (unpaired) electrons. The van der Waals surface area contributed by atoms with Crippen LogP contribution in [0, 0.1) is 6.92 Å². The fourth-order valence-electron chi connectivity index (χ4n) is 4.02. The minimum Gasteiger partial charge on any atom is -0.339 e. The Morgan fingerprint density at radius 3 is 2.23 bits per heavy atom. The van der Waals surface area contributed by atoms with Gasteiger partial charge < -0.3 is 4.90 Å². The predicted molar refractivity (Wildman–Crippen MR) is 115 cm³/mol. The summed E-state index contributed by atoms with van der Waals surface area (Å²) in [6.07, 6.45) is 0.483. The highest BCUT2D eigenvalue weighted by atomic mass is 19.4. The van der Waals surface area contributed by atoms with Crippen LogP contribution in [0.4, 0.5) is 13.2 Å². The van der Waals surface area contributed by atoms with E-state index in [0.29, 0.717) is 13.1 Å². The van der Waals surface area contributed by atoms with Crippen molar-refractivity contribution in [1.29, 1.82) is 0 Å². The second kappa shape index (κ2) is 10.8. The smallest absolute Gasteiger partial charge is 0.339 e. The highest BCUT2D eigenvalue weighted by molar-refractivity contribution is 5.95. The third-order valence-electron chi connectivity index (χ3n) is 5.70. The zero-order chi connectivity index (χ0) is 22.3. The molecule has 0 N–H and O–H groups in total. The molecule has 0 aliphatic carbocycles. The normalized spacial score (nSPS) is 17.2. The van der Waals surface area contributed by atoms with Gasteiger partial charge in [0.15, 0.2) is 0 Å². The van der Waals surface area contributed by atoms with Crippen molar-refractivity contribution in [3.05, 3.63) is 65.0 Å². The Balaban J connectivity index is 1.67. The van der Waals surface area contributed by atoms with Crippen LogP contribution in [0.1, 0.15) is 59.4 Å². The van der Waals surface area contributed by atoms with Gasteiger partial charge in [-0.15, -0.1) is 0 Å². The summed E-state index contributed by atoms with van der Waals surface area (Å²) < 4.78 is 38.7. The minimum absolute atomic E-state index is 0.125. The summed E-state index contributed by atoms with van der Waals surface area (Å²) in [7, 11) is 0. The first-order valence-electron chi connectivity index (χ1n) is 10.9. The monoisotopic (exact) mass is 433 g/mol. The van der Waals surface area contributed by atoms with Crippen LogP contribution in [-0.4, -0.2) is 46.9 Å². The second-order valence-corrected chi connectivity index (χ2v) is 8.15. The van der Waals surface area contributed by atoms with Crippen LogP contribution >= 0.6 is 0 Å². The predicted octanol–water partition coefficient (Wildman–Crippen LogP) is 5.32. The molecule has 31 heavy (non-hydrogen) atoms. The third kappa shape index (κ3) is 6.79. The van der Waals surface area contributed by atoms with Crippen LogP contribution in [-0.2, 0) is 12.7 Å². The van der Waals surface area contributed by atoms with Gasteiger partial charge in [0.2, 0.25) is 0 Å². The summed E-state index contributed by atoms with van der Waals surface area (Å²) in [5.41, 5.74) is 0.691. The number of halogens is 3. The zero-order valence-electron chi connectivity index (χ0n) is 18.0. The maximum Gasteiger partial charge on any atom is 0.433 e. The van der Waals surface area contributed by atoms with Crippen LogP contribution in [0.3, 0.4) is 0 Å². The zero-order valence-corrected chi connectivity index (χ0v) is 18.0. The number of hydrogen-bond donors (Lipinski definition) is 0. The first-order valence-corrected chi connectivity index (χ1v) is 10.9.